The third-order valence-electron chi connectivity index (χ3n) is 1.52. The fourth-order valence-corrected chi connectivity index (χ4v) is 0.984. The van der Waals surface area contributed by atoms with E-state index in [-0.39, 0.29) is 7.12 Å². The first-order valence-corrected chi connectivity index (χ1v) is 4.38. The fourth-order valence-electron chi connectivity index (χ4n) is 0.984. The van der Waals surface area contributed by atoms with E-state index >= 15 is 0 Å². The molecule has 0 atom stereocenters. The van der Waals surface area contributed by atoms with Crippen molar-refractivity contribution in [1.82, 2.24) is 10.2 Å². The molecule has 0 N–H and O–H groups in total. The van der Waals surface area contributed by atoms with Crippen molar-refractivity contribution in [3.63, 3.8) is 0 Å². The Bertz CT molecular complexity index is 227. The minimum atomic E-state index is -0.314. The van der Waals surface area contributed by atoms with Crippen molar-refractivity contribution in [2.24, 2.45) is 0 Å². The molecule has 0 bridgehead atoms. The van der Waals surface area contributed by atoms with E-state index in [1.165, 1.54) is 0 Å². The molecule has 0 aliphatic carbocycles. The van der Waals surface area contributed by atoms with E-state index in [1.54, 1.807) is 12.4 Å². The van der Waals surface area contributed by atoms with Gasteiger partial charge in [0.05, 0.1) is 0 Å². The molecule has 1 aromatic rings. The first-order valence-electron chi connectivity index (χ1n) is 4.38. The van der Waals surface area contributed by atoms with Gasteiger partial charge in [0, 0.05) is 31.1 Å². The van der Waals surface area contributed by atoms with Crippen LogP contribution in [0.5, 0.6) is 0 Å². The second-order valence-corrected chi connectivity index (χ2v) is 2.42. The van der Waals surface area contributed by atoms with Crippen LogP contribution in [0.2, 0.25) is 0 Å². The molecule has 0 aromatic carbocycles. The van der Waals surface area contributed by atoms with Gasteiger partial charge in [0.15, 0.2) is 0 Å². The Labute approximate surface area is 78.4 Å². The number of hydrogen-bond acceptors (Lipinski definition) is 4. The molecule has 1 heterocycles. The number of hydrogen-bond donors (Lipinski definition) is 0. The van der Waals surface area contributed by atoms with Crippen LogP contribution in [0.4, 0.5) is 0 Å². The predicted molar refractivity (Wildman–Crippen MR) is 50.7 cm³/mol. The van der Waals surface area contributed by atoms with Crippen LogP contribution >= 0.6 is 0 Å². The van der Waals surface area contributed by atoms with E-state index in [0.717, 1.165) is 5.46 Å². The molecular weight excluding hydrogens is 167 g/mol. The van der Waals surface area contributed by atoms with Crippen LogP contribution in [0.1, 0.15) is 13.8 Å². The standard InChI is InChI=1S/C8H13BN2O2/c1-3-12-9(13-4-2)8-5-6-10-11-7-8/h5-7H,3-4H2,1-2H3. The highest BCUT2D eigenvalue weighted by molar-refractivity contribution is 6.61. The molecule has 0 saturated carbocycles. The summed E-state index contributed by atoms with van der Waals surface area (Å²) < 4.78 is 10.8. The summed E-state index contributed by atoms with van der Waals surface area (Å²) in [4.78, 5) is 0. The topological polar surface area (TPSA) is 44.2 Å². The second-order valence-electron chi connectivity index (χ2n) is 2.42. The summed E-state index contributed by atoms with van der Waals surface area (Å²) in [5, 5.41) is 7.45. The Morgan fingerprint density at radius 3 is 2.38 bits per heavy atom. The van der Waals surface area contributed by atoms with Crippen molar-refractivity contribution in [3.05, 3.63) is 18.5 Å². The van der Waals surface area contributed by atoms with Crippen molar-refractivity contribution in [2.75, 3.05) is 13.2 Å². The highest BCUT2D eigenvalue weighted by Gasteiger charge is 2.19. The van der Waals surface area contributed by atoms with Gasteiger partial charge in [-0.2, -0.15) is 10.2 Å². The van der Waals surface area contributed by atoms with E-state index in [2.05, 4.69) is 10.2 Å². The normalized spacial score (nSPS) is 10.0. The molecular formula is C8H13BN2O2. The van der Waals surface area contributed by atoms with Crippen molar-refractivity contribution in [3.8, 4) is 0 Å². The summed E-state index contributed by atoms with van der Waals surface area (Å²) in [5.41, 5.74) is 0.902. The second kappa shape index (κ2) is 5.67. The molecule has 0 radical (unpaired) electrons. The van der Waals surface area contributed by atoms with Crippen LogP contribution in [-0.4, -0.2) is 30.5 Å². The van der Waals surface area contributed by atoms with Crippen molar-refractivity contribution in [1.29, 1.82) is 0 Å². The summed E-state index contributed by atoms with van der Waals surface area (Å²) in [6, 6.07) is 1.84. The third kappa shape index (κ3) is 3.12. The Morgan fingerprint density at radius 1 is 1.23 bits per heavy atom. The lowest BCUT2D eigenvalue weighted by Crippen LogP contribution is -2.37. The third-order valence-corrected chi connectivity index (χ3v) is 1.52. The van der Waals surface area contributed by atoms with E-state index in [0.29, 0.717) is 13.2 Å². The van der Waals surface area contributed by atoms with Crippen LogP contribution in [0.15, 0.2) is 18.5 Å². The lowest BCUT2D eigenvalue weighted by Gasteiger charge is -2.11. The van der Waals surface area contributed by atoms with Crippen LogP contribution in [0.3, 0.4) is 0 Å². The fraction of sp³-hybridized carbons (Fsp3) is 0.500. The highest BCUT2D eigenvalue weighted by atomic mass is 16.6. The average molecular weight is 180 g/mol. The van der Waals surface area contributed by atoms with Crippen LogP contribution in [0.25, 0.3) is 0 Å². The summed E-state index contributed by atoms with van der Waals surface area (Å²) in [5.74, 6) is 0. The monoisotopic (exact) mass is 180 g/mol. The van der Waals surface area contributed by atoms with Gasteiger partial charge in [0.25, 0.3) is 0 Å². The lowest BCUT2D eigenvalue weighted by molar-refractivity contribution is 0.225. The Hall–Kier alpha value is -0.935. The molecule has 0 saturated heterocycles. The first kappa shape index (κ1) is 10.1. The van der Waals surface area contributed by atoms with Gasteiger partial charge in [-0.1, -0.05) is 0 Å². The van der Waals surface area contributed by atoms with Crippen molar-refractivity contribution in [2.45, 2.75) is 13.8 Å². The average Bonchev–Trinajstić information content (AvgIpc) is 2.19. The molecule has 1 rings (SSSR count). The molecule has 0 unspecified atom stereocenters. The van der Waals surface area contributed by atoms with Gasteiger partial charge in [-0.15, -0.1) is 0 Å². The predicted octanol–water partition coefficient (Wildman–Crippen LogP) is 0.245. The number of rotatable bonds is 5. The summed E-state index contributed by atoms with van der Waals surface area (Å²) in [6.45, 7) is 5.10. The molecule has 13 heavy (non-hydrogen) atoms. The Morgan fingerprint density at radius 2 is 1.92 bits per heavy atom. The van der Waals surface area contributed by atoms with Gasteiger partial charge in [-0.3, -0.25) is 0 Å². The maximum Gasteiger partial charge on any atom is 0.495 e. The highest BCUT2D eigenvalue weighted by Crippen LogP contribution is 1.90. The molecule has 0 spiro atoms. The quantitative estimate of drug-likeness (QED) is 0.609. The van der Waals surface area contributed by atoms with Gasteiger partial charge in [-0.25, -0.2) is 0 Å². The minimum absolute atomic E-state index is 0.314. The molecule has 4 nitrogen and oxygen atoms in total. The largest absolute Gasteiger partial charge is 0.495 e. The van der Waals surface area contributed by atoms with E-state index in [4.69, 9.17) is 9.31 Å². The minimum Gasteiger partial charge on any atom is -0.408 e. The van der Waals surface area contributed by atoms with Gasteiger partial charge in [0.1, 0.15) is 0 Å². The van der Waals surface area contributed by atoms with Crippen LogP contribution < -0.4 is 5.46 Å². The van der Waals surface area contributed by atoms with Gasteiger partial charge < -0.3 is 9.31 Å². The zero-order valence-electron chi connectivity index (χ0n) is 7.93. The smallest absolute Gasteiger partial charge is 0.408 e. The van der Waals surface area contributed by atoms with Crippen molar-refractivity contribution >= 4 is 12.6 Å². The SMILES string of the molecule is CCOB(OCC)c1ccnnc1. The molecule has 1 aromatic heterocycles. The first-order chi connectivity index (χ1) is 6.38. The molecule has 0 aliphatic heterocycles. The maximum absolute atomic E-state index is 5.38. The van der Waals surface area contributed by atoms with E-state index in [1.807, 2.05) is 19.9 Å². The molecule has 70 valence electrons. The summed E-state index contributed by atoms with van der Waals surface area (Å²) >= 11 is 0. The zero-order chi connectivity index (χ0) is 9.52. The molecule has 0 amide bonds. The zero-order valence-corrected chi connectivity index (χ0v) is 7.93. The summed E-state index contributed by atoms with van der Waals surface area (Å²) in [6.07, 6.45) is 3.27. The Kier molecular flexibility index (Phi) is 4.42. The Balaban J connectivity index is 2.64. The van der Waals surface area contributed by atoms with Gasteiger partial charge in [-0.05, 0) is 19.9 Å². The van der Waals surface area contributed by atoms with Gasteiger partial charge in [0.2, 0.25) is 0 Å². The van der Waals surface area contributed by atoms with Gasteiger partial charge >= 0.3 is 7.12 Å². The van der Waals surface area contributed by atoms with Crippen molar-refractivity contribution < 1.29 is 9.31 Å². The number of aromatic nitrogens is 2. The van der Waals surface area contributed by atoms with E-state index in [9.17, 15) is 0 Å². The van der Waals surface area contributed by atoms with E-state index < -0.39 is 0 Å². The number of nitrogens with zero attached hydrogens (tertiary/aromatic N) is 2. The lowest BCUT2D eigenvalue weighted by atomic mass is 9.80. The molecule has 0 fully saturated rings. The molecule has 5 heteroatoms. The maximum atomic E-state index is 5.38. The van der Waals surface area contributed by atoms with Crippen LogP contribution in [0, 0.1) is 0 Å². The molecule has 0 aliphatic rings. The van der Waals surface area contributed by atoms with Crippen LogP contribution in [-0.2, 0) is 9.31 Å². The summed E-state index contributed by atoms with van der Waals surface area (Å²) in [7, 11) is -0.314.